The molecule has 2 heterocycles. The Kier molecular flexibility index (Phi) is 5.74. The second kappa shape index (κ2) is 8.39. The SMILES string of the molecule is COc1cccc(NC(=O)N(CCc2cccs2)Cc2ccoc2)c1. The van der Waals surface area contributed by atoms with E-state index < -0.39 is 0 Å². The molecule has 1 N–H and O–H groups in total. The molecule has 0 fully saturated rings. The van der Waals surface area contributed by atoms with Gasteiger partial charge in [-0.05, 0) is 36.1 Å². The Hall–Kier alpha value is -2.73. The third-order valence-electron chi connectivity index (χ3n) is 3.77. The lowest BCUT2D eigenvalue weighted by atomic mass is 10.2. The van der Waals surface area contributed by atoms with E-state index in [1.165, 1.54) is 4.88 Å². The normalized spacial score (nSPS) is 10.4. The molecule has 0 atom stereocenters. The molecule has 0 bridgehead atoms. The summed E-state index contributed by atoms with van der Waals surface area (Å²) in [6, 6.07) is 13.2. The molecule has 0 unspecified atom stereocenters. The van der Waals surface area contributed by atoms with Gasteiger partial charge in [-0.1, -0.05) is 12.1 Å². The van der Waals surface area contributed by atoms with Crippen LogP contribution >= 0.6 is 11.3 Å². The number of hydrogen-bond donors (Lipinski definition) is 1. The van der Waals surface area contributed by atoms with Crippen molar-refractivity contribution < 1.29 is 13.9 Å². The molecular formula is C19H20N2O3S. The van der Waals surface area contributed by atoms with Crippen molar-refractivity contribution in [3.8, 4) is 5.75 Å². The molecule has 1 aromatic carbocycles. The number of ether oxygens (including phenoxy) is 1. The molecule has 0 saturated heterocycles. The molecule has 6 heteroatoms. The lowest BCUT2D eigenvalue weighted by Crippen LogP contribution is -2.35. The van der Waals surface area contributed by atoms with Gasteiger partial charge in [0.1, 0.15) is 5.75 Å². The van der Waals surface area contributed by atoms with Gasteiger partial charge < -0.3 is 19.4 Å². The highest BCUT2D eigenvalue weighted by atomic mass is 32.1. The quantitative estimate of drug-likeness (QED) is 0.672. The summed E-state index contributed by atoms with van der Waals surface area (Å²) in [4.78, 5) is 15.8. The number of thiophene rings is 1. The lowest BCUT2D eigenvalue weighted by molar-refractivity contribution is 0.210. The first-order valence-electron chi connectivity index (χ1n) is 7.98. The Morgan fingerprint density at radius 3 is 2.92 bits per heavy atom. The van der Waals surface area contributed by atoms with Gasteiger partial charge in [-0.3, -0.25) is 0 Å². The standard InChI is InChI=1S/C19H20N2O3S/c1-23-17-5-2-4-16(12-17)20-19(22)21(13-15-8-10-24-14-15)9-7-18-6-3-11-25-18/h2-6,8,10-12,14H,7,9,13H2,1H3,(H,20,22). The van der Waals surface area contributed by atoms with E-state index in [0.29, 0.717) is 24.5 Å². The fourth-order valence-electron chi connectivity index (χ4n) is 2.46. The first-order valence-corrected chi connectivity index (χ1v) is 8.86. The van der Waals surface area contributed by atoms with Crippen LogP contribution in [0.2, 0.25) is 0 Å². The first-order chi connectivity index (χ1) is 12.2. The second-order valence-corrected chi connectivity index (χ2v) is 6.58. The third kappa shape index (κ3) is 4.87. The van der Waals surface area contributed by atoms with E-state index >= 15 is 0 Å². The van der Waals surface area contributed by atoms with Crippen molar-refractivity contribution in [1.29, 1.82) is 0 Å². The zero-order chi connectivity index (χ0) is 17.5. The predicted octanol–water partition coefficient (Wildman–Crippen LogP) is 4.63. The van der Waals surface area contributed by atoms with Crippen molar-refractivity contribution in [2.24, 2.45) is 0 Å². The number of hydrogen-bond acceptors (Lipinski definition) is 4. The van der Waals surface area contributed by atoms with E-state index in [4.69, 9.17) is 9.15 Å². The van der Waals surface area contributed by atoms with E-state index in [-0.39, 0.29) is 6.03 Å². The monoisotopic (exact) mass is 356 g/mol. The summed E-state index contributed by atoms with van der Waals surface area (Å²) >= 11 is 1.70. The molecule has 0 saturated carbocycles. The summed E-state index contributed by atoms with van der Waals surface area (Å²) in [5.74, 6) is 0.706. The van der Waals surface area contributed by atoms with Crippen molar-refractivity contribution in [1.82, 2.24) is 4.90 Å². The molecule has 0 aliphatic heterocycles. The smallest absolute Gasteiger partial charge is 0.322 e. The summed E-state index contributed by atoms with van der Waals surface area (Å²) in [5, 5.41) is 4.99. The van der Waals surface area contributed by atoms with Gasteiger partial charge in [0.25, 0.3) is 0 Å². The van der Waals surface area contributed by atoms with E-state index in [2.05, 4.69) is 11.4 Å². The third-order valence-corrected chi connectivity index (χ3v) is 4.71. The van der Waals surface area contributed by atoms with Crippen molar-refractivity contribution in [3.63, 3.8) is 0 Å². The van der Waals surface area contributed by atoms with Gasteiger partial charge >= 0.3 is 6.03 Å². The van der Waals surface area contributed by atoms with Gasteiger partial charge in [0.2, 0.25) is 0 Å². The highest BCUT2D eigenvalue weighted by Gasteiger charge is 2.15. The Morgan fingerprint density at radius 2 is 2.20 bits per heavy atom. The van der Waals surface area contributed by atoms with Crippen LogP contribution in [0.25, 0.3) is 0 Å². The molecule has 2 amide bonds. The van der Waals surface area contributed by atoms with E-state index in [1.54, 1.807) is 41.9 Å². The second-order valence-electron chi connectivity index (χ2n) is 5.54. The number of nitrogens with one attached hydrogen (secondary N) is 1. The maximum atomic E-state index is 12.7. The number of carbonyl (C=O) groups excluding carboxylic acids is 1. The molecule has 5 nitrogen and oxygen atoms in total. The zero-order valence-electron chi connectivity index (χ0n) is 14.0. The van der Waals surface area contributed by atoms with Crippen LogP contribution in [0, 0.1) is 0 Å². The summed E-state index contributed by atoms with van der Waals surface area (Å²) in [6.07, 6.45) is 4.10. The average Bonchev–Trinajstić information content (AvgIpc) is 3.32. The number of carbonyl (C=O) groups is 1. The van der Waals surface area contributed by atoms with Crippen LogP contribution < -0.4 is 10.1 Å². The maximum absolute atomic E-state index is 12.7. The largest absolute Gasteiger partial charge is 0.497 e. The first kappa shape index (κ1) is 17.1. The number of urea groups is 1. The summed E-state index contributed by atoms with van der Waals surface area (Å²) in [5.41, 5.74) is 1.67. The van der Waals surface area contributed by atoms with Crippen LogP contribution in [0.3, 0.4) is 0 Å². The lowest BCUT2D eigenvalue weighted by Gasteiger charge is -2.22. The summed E-state index contributed by atoms with van der Waals surface area (Å²) in [6.45, 7) is 1.12. The number of nitrogens with zero attached hydrogens (tertiary/aromatic N) is 1. The van der Waals surface area contributed by atoms with E-state index in [9.17, 15) is 4.79 Å². The van der Waals surface area contributed by atoms with Gasteiger partial charge in [0, 0.05) is 28.7 Å². The predicted molar refractivity (Wildman–Crippen MR) is 99.2 cm³/mol. The topological polar surface area (TPSA) is 54.7 Å². The Morgan fingerprint density at radius 1 is 1.28 bits per heavy atom. The van der Waals surface area contributed by atoms with Crippen molar-refractivity contribution in [3.05, 3.63) is 70.8 Å². The molecular weight excluding hydrogens is 336 g/mol. The number of furan rings is 1. The number of amides is 2. The molecule has 130 valence electrons. The molecule has 3 rings (SSSR count). The minimum atomic E-state index is -0.147. The Balaban J connectivity index is 1.68. The highest BCUT2D eigenvalue weighted by Crippen LogP contribution is 2.18. The summed E-state index contributed by atoms with van der Waals surface area (Å²) in [7, 11) is 1.60. The van der Waals surface area contributed by atoms with Gasteiger partial charge in [-0.25, -0.2) is 4.79 Å². The Labute approximate surface area is 150 Å². The molecule has 0 aliphatic carbocycles. The minimum Gasteiger partial charge on any atom is -0.497 e. The minimum absolute atomic E-state index is 0.147. The van der Waals surface area contributed by atoms with E-state index in [0.717, 1.165) is 12.0 Å². The number of rotatable bonds is 7. The summed E-state index contributed by atoms with van der Waals surface area (Å²) < 4.78 is 10.3. The van der Waals surface area contributed by atoms with Crippen LogP contribution in [-0.4, -0.2) is 24.6 Å². The van der Waals surface area contributed by atoms with Crippen molar-refractivity contribution in [2.45, 2.75) is 13.0 Å². The van der Waals surface area contributed by atoms with Crippen LogP contribution in [-0.2, 0) is 13.0 Å². The Bertz CT molecular complexity index is 785. The molecule has 2 aromatic heterocycles. The van der Waals surface area contributed by atoms with Gasteiger partial charge in [-0.15, -0.1) is 11.3 Å². The zero-order valence-corrected chi connectivity index (χ0v) is 14.8. The molecule has 25 heavy (non-hydrogen) atoms. The van der Waals surface area contributed by atoms with Gasteiger partial charge in [0.15, 0.2) is 0 Å². The fourth-order valence-corrected chi connectivity index (χ4v) is 3.16. The molecule has 0 radical (unpaired) electrons. The van der Waals surface area contributed by atoms with Gasteiger partial charge in [-0.2, -0.15) is 0 Å². The number of anilines is 1. The van der Waals surface area contributed by atoms with Crippen LogP contribution in [0.5, 0.6) is 5.75 Å². The molecule has 3 aromatic rings. The van der Waals surface area contributed by atoms with Crippen LogP contribution in [0.4, 0.5) is 10.5 Å². The van der Waals surface area contributed by atoms with Crippen LogP contribution in [0.1, 0.15) is 10.4 Å². The molecule has 0 spiro atoms. The number of benzene rings is 1. The maximum Gasteiger partial charge on any atom is 0.322 e. The fraction of sp³-hybridized carbons (Fsp3) is 0.211. The van der Waals surface area contributed by atoms with Crippen LogP contribution in [0.15, 0.2) is 64.8 Å². The number of methoxy groups -OCH3 is 1. The van der Waals surface area contributed by atoms with Crippen molar-refractivity contribution in [2.75, 3.05) is 19.0 Å². The highest BCUT2D eigenvalue weighted by molar-refractivity contribution is 7.09. The molecule has 0 aliphatic rings. The average molecular weight is 356 g/mol. The van der Waals surface area contributed by atoms with Crippen molar-refractivity contribution >= 4 is 23.1 Å². The van der Waals surface area contributed by atoms with Gasteiger partial charge in [0.05, 0.1) is 26.2 Å². The van der Waals surface area contributed by atoms with E-state index in [1.807, 2.05) is 35.7 Å².